The Morgan fingerprint density at radius 1 is 1.25 bits per heavy atom. The van der Waals surface area contributed by atoms with Crippen LogP contribution < -0.4 is 0 Å². The first-order valence-electron chi connectivity index (χ1n) is 6.49. The molecule has 0 aromatic carbocycles. The minimum Gasteiger partial charge on any atom is -0.147 e. The Morgan fingerprint density at radius 3 is 1.95 bits per heavy atom. The van der Waals surface area contributed by atoms with Crippen molar-refractivity contribution in [2.75, 3.05) is 13.7 Å². The van der Waals surface area contributed by atoms with E-state index in [0.29, 0.717) is 0 Å². The van der Waals surface area contributed by atoms with Gasteiger partial charge < -0.3 is 0 Å². The average Bonchev–Trinajstić information content (AvgIpc) is 2.44. The van der Waals surface area contributed by atoms with Gasteiger partial charge in [0.15, 0.2) is 0 Å². The summed E-state index contributed by atoms with van der Waals surface area (Å²) in [5.41, 5.74) is 3.56. The Balaban J connectivity index is 0. The first-order chi connectivity index (χ1) is 7.93. The molecule has 120 valence electrons. The van der Waals surface area contributed by atoms with Crippen molar-refractivity contribution >= 4 is 32.4 Å². The fraction of sp³-hybridized carbons (Fsp3) is 0.692. The van der Waals surface area contributed by atoms with Crippen LogP contribution in [0.3, 0.4) is 0 Å². The fourth-order valence-electron chi connectivity index (χ4n) is 3.35. The predicted molar refractivity (Wildman–Crippen MR) is 88.7 cm³/mol. The molecule has 20 heavy (non-hydrogen) atoms. The number of aliphatic hydroxyl groups is 1. The zero-order valence-corrected chi connectivity index (χ0v) is 17.9. The third-order valence-electron chi connectivity index (χ3n) is 5.06. The van der Waals surface area contributed by atoms with Gasteiger partial charge in [0.25, 0.3) is 0 Å². The van der Waals surface area contributed by atoms with Crippen LogP contribution in [-0.4, -0.2) is 26.5 Å². The number of allylic oxidation sites excluding steroid dienone is 4. The summed E-state index contributed by atoms with van der Waals surface area (Å²) in [6.45, 7) is 8.15. The molecule has 0 bridgehead atoms. The summed E-state index contributed by atoms with van der Waals surface area (Å²) >= 11 is -4.99. The summed E-state index contributed by atoms with van der Waals surface area (Å²) in [6.07, 6.45) is 0. The van der Waals surface area contributed by atoms with E-state index in [1.165, 1.54) is 25.9 Å². The van der Waals surface area contributed by atoms with Crippen LogP contribution in [0.5, 0.6) is 0 Å². The van der Waals surface area contributed by atoms with Crippen molar-refractivity contribution in [2.24, 2.45) is 5.92 Å². The second-order valence-electron chi connectivity index (χ2n) is 6.58. The fourth-order valence-corrected chi connectivity index (χ4v) is 13.2. The SMILES string of the molecule is C[O][Ti]([CH3])(=[O])(=[SiH2])([CH2]CO)[C]1=C(C)C(C)=C(C)C1C.Cl.Cl. The van der Waals surface area contributed by atoms with Crippen LogP contribution in [0.15, 0.2) is 20.6 Å². The molecule has 1 atom stereocenters. The molecule has 1 rings (SSSR count). The van der Waals surface area contributed by atoms with Crippen LogP contribution in [0, 0.1) is 5.92 Å². The zero-order chi connectivity index (χ0) is 14.4. The van der Waals surface area contributed by atoms with Crippen LogP contribution in [-0.2, 0) is 19.8 Å². The first-order valence-corrected chi connectivity index (χ1v) is 15.2. The van der Waals surface area contributed by atoms with E-state index in [9.17, 15) is 8.43 Å². The molecule has 0 saturated carbocycles. The summed E-state index contributed by atoms with van der Waals surface area (Å²) in [4.78, 5) is 0. The van der Waals surface area contributed by atoms with Gasteiger partial charge in [0, 0.05) is 0 Å². The maximum Gasteiger partial charge on any atom is -0.147 e. The largest absolute Gasteiger partial charge is 0.147 e. The molecule has 1 N–H and O–H groups in total. The van der Waals surface area contributed by atoms with Crippen LogP contribution in [0.4, 0.5) is 0 Å². The molecular formula is C13H28Cl2O3SiTi. The summed E-state index contributed by atoms with van der Waals surface area (Å²) in [5.74, 6) is 0.140. The molecule has 7 heteroatoms. The number of rotatable bonds is 4. The molecule has 0 saturated heterocycles. The van der Waals surface area contributed by atoms with Crippen molar-refractivity contribution in [3.05, 3.63) is 20.6 Å². The van der Waals surface area contributed by atoms with Gasteiger partial charge in [0.2, 0.25) is 0 Å². The van der Waals surface area contributed by atoms with Gasteiger partial charge in [-0.25, -0.2) is 0 Å². The normalized spacial score (nSPS) is 21.1. The molecule has 0 aliphatic heterocycles. The first kappa shape index (κ1) is 23.0. The van der Waals surface area contributed by atoms with Gasteiger partial charge in [-0.05, 0) is 0 Å². The van der Waals surface area contributed by atoms with Crippen LogP contribution >= 0.6 is 24.8 Å². The van der Waals surface area contributed by atoms with Crippen molar-refractivity contribution in [2.45, 2.75) is 37.6 Å². The van der Waals surface area contributed by atoms with E-state index in [2.05, 4.69) is 20.8 Å². The zero-order valence-electron chi connectivity index (χ0n) is 13.3. The number of hydrogen-bond acceptors (Lipinski definition) is 3. The molecular weight excluding hydrogens is 351 g/mol. The van der Waals surface area contributed by atoms with Crippen molar-refractivity contribution in [3.8, 4) is 0 Å². The molecule has 0 aromatic rings. The van der Waals surface area contributed by atoms with Gasteiger partial charge in [0.1, 0.15) is 0 Å². The second-order valence-corrected chi connectivity index (χ2v) is 26.5. The summed E-state index contributed by atoms with van der Waals surface area (Å²) in [7, 11) is 3.01. The Morgan fingerprint density at radius 2 is 1.70 bits per heavy atom. The smallest absolute Gasteiger partial charge is 0.147 e. The molecule has 1 aliphatic rings. The maximum atomic E-state index is 13.9. The van der Waals surface area contributed by atoms with Gasteiger partial charge in [-0.3, -0.25) is 0 Å². The Labute approximate surface area is 134 Å². The third-order valence-corrected chi connectivity index (χ3v) is 18.1. The number of hydrogen-bond donors (Lipinski definition) is 1. The summed E-state index contributed by atoms with van der Waals surface area (Å²) in [6, 6.07) is 0. The monoisotopic (exact) mass is 378 g/mol. The molecule has 0 heterocycles. The molecule has 0 spiro atoms. The van der Waals surface area contributed by atoms with Crippen molar-refractivity contribution in [3.63, 3.8) is 0 Å². The van der Waals surface area contributed by atoms with E-state index in [0.717, 1.165) is 9.45 Å². The standard InChI is InChI=1S/C9H13.C2H5O.CH3O.CH3.2ClH.O.H2Si.Ti/c1-6-5-7(2)9(4)8(6)3;1-2-3;1-2;;;;;;/h6H,1-4H3;3H,1-2H2;1H3;1H3;2*1H;;1H2;/q;;-1;;;;;;+1. The minimum atomic E-state index is -4.99. The Kier molecular flexibility index (Phi) is 6.98. The molecule has 1 unspecified atom stereocenters. The van der Waals surface area contributed by atoms with Crippen LogP contribution in [0.2, 0.25) is 9.95 Å². The van der Waals surface area contributed by atoms with Crippen molar-refractivity contribution in [1.29, 1.82) is 0 Å². The van der Waals surface area contributed by atoms with Crippen molar-refractivity contribution < 1.29 is 24.9 Å². The summed E-state index contributed by atoms with van der Waals surface area (Å²) in [5, 5.41) is 11.1. The minimum absolute atomic E-state index is 0. The topological polar surface area (TPSA) is 46.5 Å². The van der Waals surface area contributed by atoms with Crippen molar-refractivity contribution in [1.82, 2.24) is 0 Å². The van der Waals surface area contributed by atoms with Crippen LogP contribution in [0.1, 0.15) is 27.7 Å². The van der Waals surface area contributed by atoms with E-state index in [-0.39, 0.29) is 42.1 Å². The third kappa shape index (κ3) is 3.37. The quantitative estimate of drug-likeness (QED) is 0.763. The van der Waals surface area contributed by atoms with E-state index in [1.807, 2.05) is 6.92 Å². The second kappa shape index (κ2) is 6.07. The Bertz CT molecular complexity index is 624. The molecule has 1 aliphatic carbocycles. The predicted octanol–water partition coefficient (Wildman–Crippen LogP) is 3.23. The summed E-state index contributed by atoms with van der Waals surface area (Å²) < 4.78 is 20.7. The van der Waals surface area contributed by atoms with Gasteiger partial charge in [-0.2, -0.15) is 0 Å². The molecule has 0 radical (unpaired) electrons. The number of halogens is 2. The van der Waals surface area contributed by atoms with Gasteiger partial charge in [-0.15, -0.1) is 24.8 Å². The molecule has 0 amide bonds. The van der Waals surface area contributed by atoms with Gasteiger partial charge in [0.05, 0.1) is 0 Å². The van der Waals surface area contributed by atoms with Gasteiger partial charge in [-0.1, -0.05) is 0 Å². The number of aliphatic hydroxyl groups excluding tert-OH is 1. The van der Waals surface area contributed by atoms with E-state index >= 15 is 0 Å². The molecule has 0 aromatic heterocycles. The van der Waals surface area contributed by atoms with E-state index < -0.39 is 13.1 Å². The van der Waals surface area contributed by atoms with Crippen LogP contribution in [0.25, 0.3) is 0 Å². The Hall–Kier alpha value is 0.711. The molecule has 0 fully saturated rings. The van der Waals surface area contributed by atoms with Gasteiger partial charge >= 0.3 is 110 Å². The van der Waals surface area contributed by atoms with E-state index in [1.54, 1.807) is 5.23 Å². The molecule has 3 nitrogen and oxygen atoms in total. The van der Waals surface area contributed by atoms with E-state index in [4.69, 9.17) is 3.32 Å². The average molecular weight is 379 g/mol. The maximum absolute atomic E-state index is 13.9.